The van der Waals surface area contributed by atoms with Gasteiger partial charge in [0.25, 0.3) is 0 Å². The first kappa shape index (κ1) is 53.3. The van der Waals surface area contributed by atoms with E-state index in [1.54, 1.807) is 0 Å². The van der Waals surface area contributed by atoms with E-state index in [-0.39, 0.29) is 0 Å². The van der Waals surface area contributed by atoms with Crippen molar-refractivity contribution in [3.8, 4) is 72.5 Å². The summed E-state index contributed by atoms with van der Waals surface area (Å²) in [6.45, 7) is 15.4. The second kappa shape index (κ2) is 19.9. The third-order valence-electron chi connectivity index (χ3n) is 19.7. The van der Waals surface area contributed by atoms with E-state index in [4.69, 9.17) is 8.83 Å². The van der Waals surface area contributed by atoms with Crippen LogP contribution in [0.25, 0.3) is 127 Å². The fraction of sp³-hybridized carbons (Fsp3) is 0.0930. The number of anilines is 3. The van der Waals surface area contributed by atoms with Crippen LogP contribution in [0.15, 0.2) is 258 Å². The monoisotopic (exact) mass is 1190 g/mol. The zero-order valence-corrected chi connectivity index (χ0v) is 52.6. The molecule has 0 atom stereocenters. The molecule has 0 radical (unpaired) electrons. The lowest BCUT2D eigenvalue weighted by molar-refractivity contribution is 0.540. The average Bonchev–Trinajstić information content (AvgIpc) is 1.53. The number of fused-ring (bicyclic) bond motifs is 18. The van der Waals surface area contributed by atoms with Crippen LogP contribution in [0, 0.1) is 48.5 Å². The fourth-order valence-electron chi connectivity index (χ4n) is 15.8. The molecule has 0 bridgehead atoms. The molecule has 4 nitrogen and oxygen atoms in total. The summed E-state index contributed by atoms with van der Waals surface area (Å²) in [5, 5.41) is 9.74. The molecule has 1 aliphatic heterocycles. The largest absolute Gasteiger partial charge is 0.452 e. The van der Waals surface area contributed by atoms with Crippen molar-refractivity contribution in [3.63, 3.8) is 0 Å². The third kappa shape index (κ3) is 7.93. The van der Waals surface area contributed by atoms with Gasteiger partial charge in [-0.2, -0.15) is 0 Å². The van der Waals surface area contributed by atoms with Crippen LogP contribution in [0.5, 0.6) is 0 Å². The van der Waals surface area contributed by atoms with Gasteiger partial charge in [-0.15, -0.1) is 11.3 Å². The minimum absolute atomic E-state index is 0.763. The third-order valence-corrected chi connectivity index (χ3v) is 20.8. The minimum Gasteiger partial charge on any atom is -0.452 e. The number of para-hydroxylation sites is 1. The highest BCUT2D eigenvalue weighted by molar-refractivity contribution is 7.15. The minimum atomic E-state index is -0.921. The molecule has 0 fully saturated rings. The number of rotatable bonds is 7. The van der Waals surface area contributed by atoms with Crippen LogP contribution in [0.4, 0.5) is 17.1 Å². The van der Waals surface area contributed by atoms with Gasteiger partial charge in [-0.25, -0.2) is 0 Å². The molecule has 1 aliphatic carbocycles. The van der Waals surface area contributed by atoms with E-state index in [2.05, 4.69) is 307 Å². The molecular weight excluding hydrogens is 1130 g/mol. The van der Waals surface area contributed by atoms with Gasteiger partial charge in [-0.1, -0.05) is 162 Å². The molecule has 91 heavy (non-hydrogen) atoms. The highest BCUT2D eigenvalue weighted by Gasteiger charge is 2.57. The number of hydrogen-bond donors (Lipinski definition) is 0. The van der Waals surface area contributed by atoms with Gasteiger partial charge in [0.2, 0.25) is 0 Å². The zero-order chi connectivity index (χ0) is 61.1. The Kier molecular flexibility index (Phi) is 11.7. The summed E-state index contributed by atoms with van der Waals surface area (Å²) >= 11 is 1.84. The first-order valence-electron chi connectivity index (χ1n) is 31.6. The fourth-order valence-corrected chi connectivity index (χ4v) is 16.7. The number of aryl methyl sites for hydroxylation is 7. The number of nitrogens with zero attached hydrogens (tertiary/aromatic N) is 2. The van der Waals surface area contributed by atoms with Crippen molar-refractivity contribution < 1.29 is 8.83 Å². The smallest absolute Gasteiger partial charge is 0.175 e. The van der Waals surface area contributed by atoms with Gasteiger partial charge in [0.15, 0.2) is 11.5 Å². The van der Waals surface area contributed by atoms with Crippen LogP contribution in [0.2, 0.25) is 0 Å². The van der Waals surface area contributed by atoms with E-state index in [0.717, 1.165) is 90.2 Å². The van der Waals surface area contributed by atoms with E-state index < -0.39 is 5.41 Å². The Bertz CT molecular complexity index is 5610. The maximum absolute atomic E-state index is 7.43. The Balaban J connectivity index is 0.976. The molecule has 16 aromatic rings. The number of aromatic nitrogens is 1. The van der Waals surface area contributed by atoms with E-state index in [9.17, 15) is 0 Å². The Hall–Kier alpha value is -10.7. The standard InChI is InChI=1S/C86H62N2O2S/c1-49-35-50(2)38-59(37-49)79-47-74-84(89-79)85-75(48-80(90-85)60-39-51(3)36-52(4)40-60)86(74)72-31-33-77-82(71-44-58(81-34-29-55(7)91-81)30-32-76(71)87(77)61-22-12-9-13-23-61)83(72)88(78-42-54(6)53(5)41-73(78)86)62-24-18-21-57(43-62)68-46-70-65-27-16-14-25-63(65)67(56-19-10-8-11-20-56)45-69(70)66-28-17-15-26-64(66)68/h8-48H,1-7H3. The highest BCUT2D eigenvalue weighted by atomic mass is 32.1. The van der Waals surface area contributed by atoms with Crippen molar-refractivity contribution in [2.75, 3.05) is 4.90 Å². The first-order chi connectivity index (χ1) is 44.4. The van der Waals surface area contributed by atoms with Crippen molar-refractivity contribution in [3.05, 3.63) is 309 Å². The van der Waals surface area contributed by atoms with E-state index in [0.29, 0.717) is 0 Å². The summed E-state index contributed by atoms with van der Waals surface area (Å²) < 4.78 is 17.3. The average molecular weight is 1190 g/mol. The van der Waals surface area contributed by atoms with Gasteiger partial charge in [-0.05, 0) is 240 Å². The number of thiophene rings is 1. The van der Waals surface area contributed by atoms with Gasteiger partial charge in [0.1, 0.15) is 11.5 Å². The van der Waals surface area contributed by atoms with Gasteiger partial charge in [0, 0.05) is 54.2 Å². The zero-order valence-electron chi connectivity index (χ0n) is 51.8. The second-order valence-electron chi connectivity index (χ2n) is 25.6. The molecule has 5 heteroatoms. The Labute approximate surface area is 533 Å². The summed E-state index contributed by atoms with van der Waals surface area (Å²) in [5.41, 5.74) is 25.4. The van der Waals surface area contributed by atoms with Crippen molar-refractivity contribution in [1.29, 1.82) is 0 Å². The molecule has 12 aromatic carbocycles. The number of benzene rings is 12. The molecule has 5 heterocycles. The molecule has 0 amide bonds. The predicted octanol–water partition coefficient (Wildman–Crippen LogP) is 24.1. The summed E-state index contributed by atoms with van der Waals surface area (Å²) in [4.78, 5) is 5.16. The maximum atomic E-state index is 7.43. The topological polar surface area (TPSA) is 34.5 Å². The molecule has 4 aromatic heterocycles. The molecule has 1 spiro atoms. The SMILES string of the molecule is Cc1cc(C)cc(-c2cc3c(o2)-c2oc(-c4cc(C)cc(C)c4)cc2C32c3cc(C)c(C)cc3N(c3cccc(-c4cc5c6ccccc6c(-c6ccccc6)cc5c5ccccc45)c3)c3c2ccc2c3c3cc(-c4ccc(C)s4)ccc3n2-c2ccccc2)c1. The molecule has 0 saturated heterocycles. The number of hydrogen-bond acceptors (Lipinski definition) is 4. The lowest BCUT2D eigenvalue weighted by atomic mass is 9.64. The second-order valence-corrected chi connectivity index (χ2v) is 26.9. The predicted molar refractivity (Wildman–Crippen MR) is 382 cm³/mol. The molecule has 0 N–H and O–H groups in total. The molecule has 18 rings (SSSR count). The van der Waals surface area contributed by atoms with Crippen LogP contribution < -0.4 is 4.90 Å². The van der Waals surface area contributed by atoms with Gasteiger partial charge >= 0.3 is 0 Å². The number of furan rings is 2. The van der Waals surface area contributed by atoms with Crippen LogP contribution in [-0.2, 0) is 5.41 Å². The molecule has 0 saturated carbocycles. The summed E-state index contributed by atoms with van der Waals surface area (Å²) in [7, 11) is 0. The maximum Gasteiger partial charge on any atom is 0.175 e. The lowest BCUT2D eigenvalue weighted by Gasteiger charge is -2.45. The van der Waals surface area contributed by atoms with Crippen molar-refractivity contribution in [1.82, 2.24) is 4.57 Å². The van der Waals surface area contributed by atoms with Crippen molar-refractivity contribution in [2.24, 2.45) is 0 Å². The van der Waals surface area contributed by atoms with Gasteiger partial charge in [0.05, 0.1) is 27.8 Å². The van der Waals surface area contributed by atoms with Crippen molar-refractivity contribution >= 4 is 82.5 Å². The van der Waals surface area contributed by atoms with Crippen LogP contribution in [0.3, 0.4) is 0 Å². The first-order valence-corrected chi connectivity index (χ1v) is 32.4. The molecular formula is C86H62N2O2S. The van der Waals surface area contributed by atoms with Crippen LogP contribution >= 0.6 is 11.3 Å². The normalized spacial score (nSPS) is 13.1. The summed E-state index contributed by atoms with van der Waals surface area (Å²) in [5.74, 6) is 3.16. The highest BCUT2D eigenvalue weighted by Crippen LogP contribution is 2.67. The summed E-state index contributed by atoms with van der Waals surface area (Å²) in [6.07, 6.45) is 0. The van der Waals surface area contributed by atoms with Gasteiger partial charge in [-0.3, -0.25) is 0 Å². The Morgan fingerprint density at radius 1 is 0.341 bits per heavy atom. The molecule has 434 valence electrons. The van der Waals surface area contributed by atoms with Crippen molar-refractivity contribution in [2.45, 2.75) is 53.9 Å². The van der Waals surface area contributed by atoms with E-state index in [1.165, 1.54) is 114 Å². The van der Waals surface area contributed by atoms with E-state index in [1.807, 2.05) is 11.3 Å². The van der Waals surface area contributed by atoms with Crippen LogP contribution in [-0.4, -0.2) is 4.57 Å². The quantitative estimate of drug-likeness (QED) is 0.149. The van der Waals surface area contributed by atoms with Gasteiger partial charge < -0.3 is 18.3 Å². The Morgan fingerprint density at radius 3 is 1.48 bits per heavy atom. The van der Waals surface area contributed by atoms with Crippen LogP contribution in [0.1, 0.15) is 60.5 Å². The molecule has 2 aliphatic rings. The summed E-state index contributed by atoms with van der Waals surface area (Å²) in [6, 6.07) is 93.6. The molecule has 0 unspecified atom stereocenters. The Morgan fingerprint density at radius 2 is 0.879 bits per heavy atom. The lowest BCUT2D eigenvalue weighted by Crippen LogP contribution is -2.36. The van der Waals surface area contributed by atoms with E-state index >= 15 is 0 Å².